The molecule has 0 saturated carbocycles. The van der Waals surface area contributed by atoms with Crippen molar-refractivity contribution in [3.05, 3.63) is 77.6 Å². The van der Waals surface area contributed by atoms with Gasteiger partial charge in [0.2, 0.25) is 6.79 Å². The van der Waals surface area contributed by atoms with E-state index in [0.29, 0.717) is 23.9 Å². The number of hydrogen-bond acceptors (Lipinski definition) is 5. The zero-order chi connectivity index (χ0) is 20.2. The van der Waals surface area contributed by atoms with Gasteiger partial charge in [-0.25, -0.2) is 0 Å². The van der Waals surface area contributed by atoms with Crippen molar-refractivity contribution < 1.29 is 14.3 Å². The largest absolute Gasteiger partial charge is 0.454 e. The van der Waals surface area contributed by atoms with Crippen molar-refractivity contribution in [2.45, 2.75) is 26.3 Å². The number of aromatic nitrogens is 1. The van der Waals surface area contributed by atoms with Gasteiger partial charge in [0.05, 0.1) is 0 Å². The molecule has 0 bridgehead atoms. The first-order valence-electron chi connectivity index (χ1n) is 9.58. The maximum absolute atomic E-state index is 12.5. The van der Waals surface area contributed by atoms with Crippen LogP contribution in [0.25, 0.3) is 0 Å². The molecule has 1 amide bonds. The third-order valence-electron chi connectivity index (χ3n) is 4.75. The van der Waals surface area contributed by atoms with Gasteiger partial charge in [0, 0.05) is 24.1 Å². The molecule has 0 atom stereocenters. The Morgan fingerprint density at radius 2 is 1.79 bits per heavy atom. The molecule has 1 aliphatic rings. The average molecular weight is 389 g/mol. The first kappa shape index (κ1) is 18.8. The van der Waals surface area contributed by atoms with Crippen LogP contribution in [0.3, 0.4) is 0 Å². The summed E-state index contributed by atoms with van der Waals surface area (Å²) in [6.07, 6.45) is 1.63. The summed E-state index contributed by atoms with van der Waals surface area (Å²) >= 11 is 0. The second-order valence-electron chi connectivity index (χ2n) is 7.20. The lowest BCUT2D eigenvalue weighted by atomic mass is 10.0. The highest BCUT2D eigenvalue weighted by Gasteiger charge is 2.14. The van der Waals surface area contributed by atoms with Gasteiger partial charge in [0.25, 0.3) is 5.91 Å². The summed E-state index contributed by atoms with van der Waals surface area (Å²) in [5, 5.41) is 6.21. The number of pyridine rings is 1. The minimum atomic E-state index is -0.235. The molecule has 1 aromatic heterocycles. The summed E-state index contributed by atoms with van der Waals surface area (Å²) in [6, 6.07) is 17.5. The molecule has 0 unspecified atom stereocenters. The Morgan fingerprint density at radius 1 is 1.00 bits per heavy atom. The van der Waals surface area contributed by atoms with Crippen LogP contribution in [0.15, 0.2) is 60.8 Å². The number of carbonyl (C=O) groups is 1. The summed E-state index contributed by atoms with van der Waals surface area (Å²) in [4.78, 5) is 16.7. The predicted molar refractivity (Wildman–Crippen MR) is 112 cm³/mol. The molecule has 0 saturated heterocycles. The van der Waals surface area contributed by atoms with Gasteiger partial charge < -0.3 is 20.1 Å². The Kier molecular flexibility index (Phi) is 5.33. The van der Waals surface area contributed by atoms with Crippen molar-refractivity contribution in [3.8, 4) is 11.5 Å². The van der Waals surface area contributed by atoms with Gasteiger partial charge in [-0.2, -0.15) is 0 Å². The molecule has 3 aromatic rings. The highest BCUT2D eigenvalue weighted by atomic mass is 16.7. The Balaban J connectivity index is 1.39. The minimum absolute atomic E-state index is 0.231. The smallest absolute Gasteiger partial charge is 0.270 e. The van der Waals surface area contributed by atoms with E-state index in [9.17, 15) is 4.79 Å². The van der Waals surface area contributed by atoms with Gasteiger partial charge in [-0.1, -0.05) is 32.0 Å². The third kappa shape index (κ3) is 4.48. The van der Waals surface area contributed by atoms with Gasteiger partial charge in [0.15, 0.2) is 11.5 Å². The maximum Gasteiger partial charge on any atom is 0.270 e. The first-order valence-corrected chi connectivity index (χ1v) is 9.58. The van der Waals surface area contributed by atoms with E-state index >= 15 is 0 Å². The van der Waals surface area contributed by atoms with E-state index < -0.39 is 0 Å². The Hall–Kier alpha value is -3.54. The Labute approximate surface area is 169 Å². The van der Waals surface area contributed by atoms with Crippen LogP contribution in [-0.2, 0) is 6.54 Å². The normalized spacial score (nSPS) is 12.1. The molecule has 2 aromatic carbocycles. The highest BCUT2D eigenvalue weighted by Crippen LogP contribution is 2.32. The van der Waals surface area contributed by atoms with E-state index in [1.54, 1.807) is 12.3 Å². The second-order valence-corrected chi connectivity index (χ2v) is 7.20. The van der Waals surface area contributed by atoms with Crippen molar-refractivity contribution in [3.63, 3.8) is 0 Å². The monoisotopic (exact) mass is 389 g/mol. The van der Waals surface area contributed by atoms with Crippen LogP contribution in [0.5, 0.6) is 11.5 Å². The number of rotatable bonds is 6. The van der Waals surface area contributed by atoms with Crippen LogP contribution in [-0.4, -0.2) is 17.7 Å². The molecular formula is C23H23N3O3. The maximum atomic E-state index is 12.5. The fraction of sp³-hybridized carbons (Fsp3) is 0.217. The predicted octanol–water partition coefficient (Wildman–Crippen LogP) is 4.61. The number of anilines is 2. The van der Waals surface area contributed by atoms with E-state index in [0.717, 1.165) is 22.7 Å². The molecule has 1 aliphatic heterocycles. The van der Waals surface area contributed by atoms with Gasteiger partial charge in [-0.05, 0) is 53.4 Å². The molecular weight excluding hydrogens is 366 g/mol. The third-order valence-corrected chi connectivity index (χ3v) is 4.75. The fourth-order valence-corrected chi connectivity index (χ4v) is 3.07. The second kappa shape index (κ2) is 8.22. The first-order chi connectivity index (χ1) is 14.1. The lowest BCUT2D eigenvalue weighted by molar-refractivity contribution is 0.0946. The number of nitrogens with one attached hydrogen (secondary N) is 2. The fourth-order valence-electron chi connectivity index (χ4n) is 3.07. The number of nitrogens with zero attached hydrogens (tertiary/aromatic N) is 1. The molecule has 148 valence electrons. The van der Waals surface area contributed by atoms with E-state index in [2.05, 4.69) is 41.6 Å². The quantitative estimate of drug-likeness (QED) is 0.644. The Bertz CT molecular complexity index is 1020. The van der Waals surface area contributed by atoms with Crippen LogP contribution in [0, 0.1) is 0 Å². The number of carbonyl (C=O) groups excluding carboxylic acids is 1. The van der Waals surface area contributed by atoms with Crippen LogP contribution in [0.4, 0.5) is 11.4 Å². The van der Waals surface area contributed by atoms with E-state index in [1.165, 1.54) is 5.56 Å². The number of ether oxygens (including phenoxy) is 2. The molecule has 0 aliphatic carbocycles. The molecule has 6 nitrogen and oxygen atoms in total. The highest BCUT2D eigenvalue weighted by molar-refractivity contribution is 5.93. The van der Waals surface area contributed by atoms with Crippen LogP contribution < -0.4 is 20.1 Å². The SMILES string of the molecule is CC(C)c1ccc(Nc2ccnc(C(=O)NCc3ccc4c(c3)OCO4)c2)cc1. The summed E-state index contributed by atoms with van der Waals surface area (Å²) in [7, 11) is 0. The van der Waals surface area contributed by atoms with Crippen molar-refractivity contribution in [1.82, 2.24) is 10.3 Å². The van der Waals surface area contributed by atoms with Crippen molar-refractivity contribution >= 4 is 17.3 Å². The zero-order valence-corrected chi connectivity index (χ0v) is 16.4. The molecule has 0 spiro atoms. The molecule has 2 heterocycles. The number of benzene rings is 2. The van der Waals surface area contributed by atoms with Crippen molar-refractivity contribution in [1.29, 1.82) is 0 Å². The molecule has 0 radical (unpaired) electrons. The number of amides is 1. The lowest BCUT2D eigenvalue weighted by Gasteiger charge is -2.10. The topological polar surface area (TPSA) is 72.5 Å². The van der Waals surface area contributed by atoms with Crippen LogP contribution >= 0.6 is 0 Å². The molecule has 6 heteroatoms. The van der Waals surface area contributed by atoms with Gasteiger partial charge in [0.1, 0.15) is 5.69 Å². The summed E-state index contributed by atoms with van der Waals surface area (Å²) < 4.78 is 10.7. The number of fused-ring (bicyclic) bond motifs is 1. The molecule has 2 N–H and O–H groups in total. The molecule has 0 fully saturated rings. The summed E-state index contributed by atoms with van der Waals surface area (Å²) in [5.41, 5.74) is 4.35. The molecule has 4 rings (SSSR count). The van der Waals surface area contributed by atoms with Crippen molar-refractivity contribution in [2.24, 2.45) is 0 Å². The van der Waals surface area contributed by atoms with Gasteiger partial charge in [-0.3, -0.25) is 9.78 Å². The van der Waals surface area contributed by atoms with Crippen LogP contribution in [0.1, 0.15) is 41.4 Å². The van der Waals surface area contributed by atoms with Crippen molar-refractivity contribution in [2.75, 3.05) is 12.1 Å². The zero-order valence-electron chi connectivity index (χ0n) is 16.4. The van der Waals surface area contributed by atoms with Gasteiger partial charge >= 0.3 is 0 Å². The van der Waals surface area contributed by atoms with Gasteiger partial charge in [-0.15, -0.1) is 0 Å². The van der Waals surface area contributed by atoms with E-state index in [1.807, 2.05) is 36.4 Å². The Morgan fingerprint density at radius 3 is 2.59 bits per heavy atom. The average Bonchev–Trinajstić information content (AvgIpc) is 3.20. The van der Waals surface area contributed by atoms with Crippen LogP contribution in [0.2, 0.25) is 0 Å². The summed E-state index contributed by atoms with van der Waals surface area (Å²) in [6.45, 7) is 4.94. The minimum Gasteiger partial charge on any atom is -0.454 e. The van der Waals surface area contributed by atoms with E-state index in [4.69, 9.17) is 9.47 Å². The lowest BCUT2D eigenvalue weighted by Crippen LogP contribution is -2.23. The van der Waals surface area contributed by atoms with E-state index in [-0.39, 0.29) is 12.7 Å². The standard InChI is InChI=1S/C23H23N3O3/c1-15(2)17-4-6-18(7-5-17)26-19-9-10-24-20(12-19)23(27)25-13-16-3-8-21-22(11-16)29-14-28-21/h3-12,15H,13-14H2,1-2H3,(H,24,26)(H,25,27). The molecule has 29 heavy (non-hydrogen) atoms. The summed E-state index contributed by atoms with van der Waals surface area (Å²) in [5.74, 6) is 1.68. The number of hydrogen-bond donors (Lipinski definition) is 2.